The van der Waals surface area contributed by atoms with E-state index in [0.717, 1.165) is 6.07 Å². The number of carbonyl (C=O) groups excluding carboxylic acids is 2. The summed E-state index contributed by atoms with van der Waals surface area (Å²) in [6.45, 7) is 2.78. The van der Waals surface area contributed by atoms with Gasteiger partial charge in [-0.2, -0.15) is 0 Å². The van der Waals surface area contributed by atoms with Gasteiger partial charge in [-0.05, 0) is 69.2 Å². The van der Waals surface area contributed by atoms with Gasteiger partial charge in [0.15, 0.2) is 18.7 Å². The van der Waals surface area contributed by atoms with Gasteiger partial charge in [0.25, 0.3) is 11.6 Å². The average Bonchev–Trinajstić information content (AvgIpc) is 3.76. The normalized spacial score (nSPS) is 41.1. The summed E-state index contributed by atoms with van der Waals surface area (Å²) in [4.78, 5) is 34.0. The molecule has 0 spiro atoms. The number of hydrogen-bond acceptors (Lipinski definition) is 16. The van der Waals surface area contributed by atoms with Crippen LogP contribution >= 0.6 is 23.2 Å². The minimum Gasteiger partial charge on any atom is -0.507 e. The molecule has 18 nitrogen and oxygen atoms in total. The molecule has 0 aromatic heterocycles. The molecule has 340 valence electrons. The lowest BCUT2D eigenvalue weighted by atomic mass is 9.40. The van der Waals surface area contributed by atoms with Gasteiger partial charge in [0, 0.05) is 53.3 Å². The van der Waals surface area contributed by atoms with Gasteiger partial charge in [-0.1, -0.05) is 30.1 Å². The molecular formula is C42H52Cl2N2O16. The van der Waals surface area contributed by atoms with Gasteiger partial charge >= 0.3 is 0 Å². The molecule has 2 aliphatic heterocycles. The number of ether oxygens (including phenoxy) is 3. The van der Waals surface area contributed by atoms with Crippen molar-refractivity contribution in [1.82, 2.24) is 0 Å². The van der Waals surface area contributed by atoms with Crippen LogP contribution in [0.15, 0.2) is 48.2 Å². The molecule has 1 amide bonds. The number of halogens is 2. The number of benzene rings is 2. The molecule has 4 saturated carbocycles. The third-order valence-corrected chi connectivity index (χ3v) is 15.2. The van der Waals surface area contributed by atoms with Gasteiger partial charge in [0.2, 0.25) is 0 Å². The molecule has 20 heteroatoms. The Morgan fingerprint density at radius 3 is 2.39 bits per heavy atom. The molecule has 1 saturated heterocycles. The summed E-state index contributed by atoms with van der Waals surface area (Å²) in [7, 11) is 0. The number of nitrogens with zero attached hydrogens (tertiary/aromatic N) is 1. The first-order valence-electron chi connectivity index (χ1n) is 20.5. The van der Waals surface area contributed by atoms with Crippen molar-refractivity contribution >= 4 is 46.3 Å². The van der Waals surface area contributed by atoms with E-state index < -0.39 is 100 Å². The number of aliphatic hydroxyl groups is 8. The Morgan fingerprint density at radius 2 is 1.74 bits per heavy atom. The molecule has 10 N–H and O–H groups in total. The monoisotopic (exact) mass is 910 g/mol. The van der Waals surface area contributed by atoms with Gasteiger partial charge in [-0.15, -0.1) is 0 Å². The van der Waals surface area contributed by atoms with Gasteiger partial charge in [0.05, 0.1) is 68.8 Å². The number of anilines is 1. The highest BCUT2D eigenvalue weighted by atomic mass is 35.5. The number of nitro groups is 1. The van der Waals surface area contributed by atoms with E-state index in [1.165, 1.54) is 43.3 Å². The third kappa shape index (κ3) is 7.68. The number of rotatable bonds is 7. The Balaban J connectivity index is 0.000000232. The fraction of sp³-hybridized carbons (Fsp3) is 0.619. The zero-order valence-corrected chi connectivity index (χ0v) is 35.4. The molecule has 6 aliphatic rings. The Morgan fingerprint density at radius 1 is 1.02 bits per heavy atom. The first kappa shape index (κ1) is 46.5. The number of carbonyl (C=O) groups is 2. The van der Waals surface area contributed by atoms with Crippen LogP contribution in [0.3, 0.4) is 0 Å². The van der Waals surface area contributed by atoms with E-state index in [4.69, 9.17) is 37.4 Å². The lowest BCUT2D eigenvalue weighted by Gasteiger charge is -2.68. The lowest BCUT2D eigenvalue weighted by molar-refractivity contribution is -0.384. The van der Waals surface area contributed by atoms with Crippen molar-refractivity contribution in [3.8, 4) is 5.75 Å². The molecule has 0 bridgehead atoms. The smallest absolute Gasteiger partial charge is 0.271 e. The molecule has 2 aromatic carbocycles. The zero-order chi connectivity index (χ0) is 45.3. The second-order valence-corrected chi connectivity index (χ2v) is 18.7. The number of amides is 1. The summed E-state index contributed by atoms with van der Waals surface area (Å²) in [5.74, 6) is -2.12. The van der Waals surface area contributed by atoms with Gasteiger partial charge in [-0.3, -0.25) is 19.7 Å². The highest BCUT2D eigenvalue weighted by Crippen LogP contribution is 2.70. The van der Waals surface area contributed by atoms with Crippen LogP contribution in [-0.4, -0.2) is 136 Å². The molecule has 0 unspecified atom stereocenters. The molecule has 4 aliphatic carbocycles. The summed E-state index contributed by atoms with van der Waals surface area (Å²) in [6.07, 6.45) is -6.83. The highest BCUT2D eigenvalue weighted by molar-refractivity contribution is 6.34. The van der Waals surface area contributed by atoms with E-state index in [1.54, 1.807) is 0 Å². The second-order valence-electron chi connectivity index (χ2n) is 17.8. The topological polar surface area (TPSA) is 299 Å². The maximum absolute atomic E-state index is 12.4. The molecule has 5 fully saturated rings. The van der Waals surface area contributed by atoms with Gasteiger partial charge < -0.3 is 65.5 Å². The highest BCUT2D eigenvalue weighted by Gasteiger charge is 2.75. The fourth-order valence-electron chi connectivity index (χ4n) is 11.6. The van der Waals surface area contributed by atoms with Crippen molar-refractivity contribution in [3.63, 3.8) is 0 Å². The van der Waals surface area contributed by atoms with Crippen LogP contribution in [0, 0.1) is 38.7 Å². The number of nitro benzene ring substituents is 1. The third-order valence-electron chi connectivity index (χ3n) is 14.7. The van der Waals surface area contributed by atoms with Crippen LogP contribution in [0.2, 0.25) is 10.0 Å². The maximum atomic E-state index is 12.4. The minimum atomic E-state index is -1.68. The maximum Gasteiger partial charge on any atom is 0.271 e. The number of aliphatic hydroxyl groups excluding tert-OH is 6. The average molecular weight is 912 g/mol. The summed E-state index contributed by atoms with van der Waals surface area (Å²) in [5, 5.41) is 113. The second kappa shape index (κ2) is 17.1. The molecule has 15 atom stereocenters. The largest absolute Gasteiger partial charge is 0.507 e. The Hall–Kier alpha value is -3.50. The van der Waals surface area contributed by atoms with E-state index in [0.29, 0.717) is 25.0 Å². The Bertz CT molecular complexity index is 2110. The molecule has 2 heterocycles. The number of aromatic hydroxyl groups is 1. The summed E-state index contributed by atoms with van der Waals surface area (Å²) in [5.41, 5.74) is -5.38. The predicted octanol–water partition coefficient (Wildman–Crippen LogP) is 2.34. The number of nitrogens with one attached hydrogen (secondary N) is 1. The molecule has 62 heavy (non-hydrogen) atoms. The number of ketones is 1. The van der Waals surface area contributed by atoms with E-state index in [2.05, 4.69) is 5.32 Å². The standard InChI is InChI=1S/C29H44O12.C13H8Cl2N2O4/c1-13-22(34)23(35)24(36)25(40-13)41-15-8-20(33)28(12-30)21-17(3-5-27(28,37)9-15)29(38)6-4-16(19-7-14(31)11-39-19)26(29,2)10-18(21)32;14-7-1-4-12(18)9(5-7)13(19)16-11-3-2-8(17(20)21)6-10(11)15/h7,13,15-18,20-25,30,32-38H,3-6,8-12H2,1-2H3;1-6,18H,(H,16,19)/t13-,15-,16+,17+,18+,20+,21+,22-,23+,24+,25+,26+,27-,28+,29-;/m0./s1. The van der Waals surface area contributed by atoms with Crippen LogP contribution < -0.4 is 5.32 Å². The van der Waals surface area contributed by atoms with Crippen LogP contribution in [0.4, 0.5) is 11.4 Å². The summed E-state index contributed by atoms with van der Waals surface area (Å²) in [6, 6.07) is 7.65. The first-order chi connectivity index (χ1) is 29.1. The zero-order valence-electron chi connectivity index (χ0n) is 33.8. The Kier molecular flexibility index (Phi) is 12.8. The van der Waals surface area contributed by atoms with Crippen molar-refractivity contribution in [2.75, 3.05) is 18.5 Å². The molecule has 8 rings (SSSR count). The van der Waals surface area contributed by atoms with Crippen LogP contribution in [0.1, 0.15) is 69.2 Å². The van der Waals surface area contributed by atoms with Crippen molar-refractivity contribution in [2.45, 2.75) is 119 Å². The summed E-state index contributed by atoms with van der Waals surface area (Å²) >= 11 is 11.6. The van der Waals surface area contributed by atoms with E-state index in [9.17, 15) is 65.7 Å². The van der Waals surface area contributed by atoms with Gasteiger partial charge in [0.1, 0.15) is 29.8 Å². The van der Waals surface area contributed by atoms with Crippen molar-refractivity contribution in [2.24, 2.45) is 28.6 Å². The van der Waals surface area contributed by atoms with Crippen molar-refractivity contribution in [3.05, 3.63) is 74.0 Å². The Labute approximate surface area is 365 Å². The van der Waals surface area contributed by atoms with Gasteiger partial charge in [-0.25, -0.2) is 0 Å². The number of fused-ring (bicyclic) bond motifs is 5. The number of phenolic OH excluding ortho intramolecular Hbond substituents is 1. The number of allylic oxidation sites excluding steroid dienone is 1. The van der Waals surface area contributed by atoms with Crippen molar-refractivity contribution < 1.29 is 74.7 Å². The van der Waals surface area contributed by atoms with Crippen molar-refractivity contribution in [1.29, 1.82) is 0 Å². The van der Waals surface area contributed by atoms with Crippen LogP contribution in [0.25, 0.3) is 0 Å². The van der Waals surface area contributed by atoms with Crippen LogP contribution in [-0.2, 0) is 19.0 Å². The fourth-order valence-corrected chi connectivity index (χ4v) is 12.0. The predicted molar refractivity (Wildman–Crippen MR) is 218 cm³/mol. The quantitative estimate of drug-likeness (QED) is 0.108. The molecule has 0 radical (unpaired) electrons. The SMILES string of the molecule is C[C@@H]1O[C@H](O[C@H]2C[C@@H](O)[C@]3(CO)[C@H]4[C@H](O)C[C@]5(C)[C@@H](C6=CC(=O)CO6)CC[C@]5(O)[C@@H]4CC[C@]3(O)C2)[C@H](O)[C@H](O)[C@H]1O.O=C(Nc1ccc([N+](=O)[O-])cc1Cl)c1cc(Cl)ccc1O. The number of hydrogen-bond donors (Lipinski definition) is 10. The number of non-ortho nitro benzene ring substituents is 1. The molecule has 2 aromatic rings. The number of phenols is 1. The molecular weight excluding hydrogens is 859 g/mol. The minimum absolute atomic E-state index is 0.0130. The van der Waals surface area contributed by atoms with E-state index >= 15 is 0 Å². The lowest BCUT2D eigenvalue weighted by Crippen LogP contribution is -2.76. The van der Waals surface area contributed by atoms with Crippen LogP contribution in [0.5, 0.6) is 5.75 Å². The van der Waals surface area contributed by atoms with E-state index in [-0.39, 0.29) is 76.7 Å². The first-order valence-corrected chi connectivity index (χ1v) is 21.2. The summed E-state index contributed by atoms with van der Waals surface area (Å²) < 4.78 is 17.2. The van der Waals surface area contributed by atoms with E-state index in [1.807, 2.05) is 6.92 Å².